The number of carbonyl (C=O) groups is 1. The molecule has 0 radical (unpaired) electrons. The van der Waals surface area contributed by atoms with E-state index in [1.807, 2.05) is 31.2 Å². The maximum atomic E-state index is 12.9. The van der Waals surface area contributed by atoms with Crippen molar-refractivity contribution < 1.29 is 18.0 Å². The minimum atomic E-state index is -4.51. The van der Waals surface area contributed by atoms with Gasteiger partial charge in [0.2, 0.25) is 0 Å². The Kier molecular flexibility index (Phi) is 5.57. The second-order valence-corrected chi connectivity index (χ2v) is 5.96. The quantitative estimate of drug-likeness (QED) is 0.633. The lowest BCUT2D eigenvalue weighted by Crippen LogP contribution is -2.29. The number of nitrogens with zero attached hydrogens (tertiary/aromatic N) is 4. The molecule has 146 valence electrons. The largest absolute Gasteiger partial charge is 0.419 e. The number of alkyl halides is 3. The number of anilines is 1. The number of carbonyl (C=O) groups excluding carboxylic acids is 1. The third-order valence-electron chi connectivity index (χ3n) is 3.84. The van der Waals surface area contributed by atoms with Gasteiger partial charge in [-0.1, -0.05) is 22.9 Å². The molecule has 0 spiro atoms. The molecule has 0 atom stereocenters. The van der Waals surface area contributed by atoms with Crippen LogP contribution in [0.25, 0.3) is 5.69 Å². The average molecular weight is 390 g/mol. The minimum Gasteiger partial charge on any atom is -0.368 e. The smallest absolute Gasteiger partial charge is 0.368 e. The van der Waals surface area contributed by atoms with E-state index in [4.69, 9.17) is 0 Å². The van der Waals surface area contributed by atoms with Crippen molar-refractivity contribution in [3.8, 4) is 5.69 Å². The Morgan fingerprint density at radius 2 is 1.89 bits per heavy atom. The number of pyridine rings is 1. The predicted octanol–water partition coefficient (Wildman–Crippen LogP) is 2.83. The van der Waals surface area contributed by atoms with Crippen LogP contribution in [0.3, 0.4) is 0 Å². The van der Waals surface area contributed by atoms with E-state index in [0.29, 0.717) is 0 Å². The topological polar surface area (TPSA) is 84.7 Å². The van der Waals surface area contributed by atoms with E-state index in [9.17, 15) is 18.0 Å². The van der Waals surface area contributed by atoms with E-state index in [2.05, 4.69) is 25.9 Å². The summed E-state index contributed by atoms with van der Waals surface area (Å²) in [5.41, 5.74) is 1.10. The highest BCUT2D eigenvalue weighted by atomic mass is 19.4. The summed E-state index contributed by atoms with van der Waals surface area (Å²) in [6, 6.07) is 9.68. The molecule has 0 fully saturated rings. The van der Waals surface area contributed by atoms with Gasteiger partial charge in [0.1, 0.15) is 5.82 Å². The summed E-state index contributed by atoms with van der Waals surface area (Å²) < 4.78 is 40.2. The van der Waals surface area contributed by atoms with E-state index in [-0.39, 0.29) is 24.6 Å². The molecule has 28 heavy (non-hydrogen) atoms. The number of hydrogen-bond donors (Lipinski definition) is 2. The molecule has 1 amide bonds. The fraction of sp³-hybridized carbons (Fsp3) is 0.222. The monoisotopic (exact) mass is 390 g/mol. The van der Waals surface area contributed by atoms with Crippen LogP contribution in [-0.2, 0) is 6.18 Å². The second-order valence-electron chi connectivity index (χ2n) is 5.96. The Labute approximate surface area is 158 Å². The van der Waals surface area contributed by atoms with Crippen LogP contribution in [0.1, 0.15) is 21.6 Å². The van der Waals surface area contributed by atoms with Gasteiger partial charge >= 0.3 is 6.18 Å². The molecular weight excluding hydrogens is 373 g/mol. The summed E-state index contributed by atoms with van der Waals surface area (Å²) in [5.74, 6) is -0.758. The molecule has 3 rings (SSSR count). The van der Waals surface area contributed by atoms with E-state index < -0.39 is 17.6 Å². The molecule has 2 N–H and O–H groups in total. The number of aromatic nitrogens is 4. The molecule has 0 aliphatic heterocycles. The molecule has 0 unspecified atom stereocenters. The maximum absolute atomic E-state index is 12.9. The lowest BCUT2D eigenvalue weighted by atomic mass is 10.2. The Morgan fingerprint density at radius 1 is 1.14 bits per heavy atom. The highest BCUT2D eigenvalue weighted by Gasteiger charge is 2.33. The van der Waals surface area contributed by atoms with Gasteiger partial charge in [-0.2, -0.15) is 13.2 Å². The third kappa shape index (κ3) is 4.64. The summed E-state index contributed by atoms with van der Waals surface area (Å²) in [7, 11) is 0. The summed E-state index contributed by atoms with van der Waals surface area (Å²) in [6.07, 6.45) is -1.76. The number of rotatable bonds is 6. The van der Waals surface area contributed by atoms with Gasteiger partial charge in [-0.05, 0) is 31.2 Å². The predicted molar refractivity (Wildman–Crippen MR) is 96.2 cm³/mol. The van der Waals surface area contributed by atoms with Crippen molar-refractivity contribution in [2.75, 3.05) is 18.4 Å². The van der Waals surface area contributed by atoms with Gasteiger partial charge in [-0.3, -0.25) is 4.79 Å². The second kappa shape index (κ2) is 8.07. The van der Waals surface area contributed by atoms with E-state index in [1.54, 1.807) is 0 Å². The molecule has 0 aliphatic carbocycles. The zero-order valence-corrected chi connectivity index (χ0v) is 14.9. The minimum absolute atomic E-state index is 0.0674. The van der Waals surface area contributed by atoms with E-state index in [1.165, 1.54) is 23.1 Å². The highest BCUT2D eigenvalue weighted by Crippen LogP contribution is 2.33. The zero-order valence-electron chi connectivity index (χ0n) is 14.9. The van der Waals surface area contributed by atoms with Crippen LogP contribution in [0.2, 0.25) is 0 Å². The van der Waals surface area contributed by atoms with Crippen LogP contribution in [0.15, 0.2) is 48.8 Å². The average Bonchev–Trinajstić information content (AvgIpc) is 3.15. The van der Waals surface area contributed by atoms with Gasteiger partial charge in [-0.15, -0.1) is 5.10 Å². The molecule has 10 heteroatoms. The summed E-state index contributed by atoms with van der Waals surface area (Å²) in [4.78, 5) is 15.8. The van der Waals surface area contributed by atoms with Crippen molar-refractivity contribution in [2.24, 2.45) is 0 Å². The Morgan fingerprint density at radius 3 is 2.61 bits per heavy atom. The van der Waals surface area contributed by atoms with Crippen LogP contribution >= 0.6 is 0 Å². The van der Waals surface area contributed by atoms with Crippen molar-refractivity contribution in [2.45, 2.75) is 13.1 Å². The summed E-state index contributed by atoms with van der Waals surface area (Å²) in [5, 5.41) is 12.9. The fourth-order valence-electron chi connectivity index (χ4n) is 2.41. The number of benzene rings is 1. The molecule has 3 aromatic rings. The van der Waals surface area contributed by atoms with Crippen LogP contribution < -0.4 is 10.6 Å². The lowest BCUT2D eigenvalue weighted by molar-refractivity contribution is -0.137. The molecule has 0 saturated carbocycles. The van der Waals surface area contributed by atoms with Gasteiger partial charge in [0, 0.05) is 19.3 Å². The number of amides is 1. The summed E-state index contributed by atoms with van der Waals surface area (Å²) >= 11 is 0. The van der Waals surface area contributed by atoms with Gasteiger partial charge < -0.3 is 10.6 Å². The first kappa shape index (κ1) is 19.3. The van der Waals surface area contributed by atoms with E-state index in [0.717, 1.165) is 17.3 Å². The first-order valence-corrected chi connectivity index (χ1v) is 8.38. The Hall–Kier alpha value is -3.43. The summed E-state index contributed by atoms with van der Waals surface area (Å²) in [6.45, 7) is 2.11. The fourth-order valence-corrected chi connectivity index (χ4v) is 2.41. The normalized spacial score (nSPS) is 11.3. The SMILES string of the molecule is Cc1ccc(-n2cc(C(=O)NCCNc3ncccc3C(F)(F)F)nn2)cc1. The Bertz CT molecular complexity index is 952. The van der Waals surface area contributed by atoms with E-state index >= 15 is 0 Å². The van der Waals surface area contributed by atoms with Crippen LogP contribution in [-0.4, -0.2) is 39.0 Å². The van der Waals surface area contributed by atoms with Gasteiger partial charge in [-0.25, -0.2) is 9.67 Å². The highest BCUT2D eigenvalue weighted by molar-refractivity contribution is 5.91. The van der Waals surface area contributed by atoms with Crippen molar-refractivity contribution in [3.05, 3.63) is 65.6 Å². The number of halogens is 3. The number of aryl methyl sites for hydroxylation is 1. The van der Waals surface area contributed by atoms with Crippen molar-refractivity contribution in [3.63, 3.8) is 0 Å². The zero-order chi connectivity index (χ0) is 20.1. The molecule has 1 aromatic carbocycles. The molecule has 0 aliphatic rings. The molecule has 0 saturated heterocycles. The van der Waals surface area contributed by atoms with Gasteiger partial charge in [0.05, 0.1) is 17.4 Å². The first-order valence-electron chi connectivity index (χ1n) is 8.38. The van der Waals surface area contributed by atoms with Crippen molar-refractivity contribution in [1.29, 1.82) is 0 Å². The molecular formula is C18H17F3N6O. The van der Waals surface area contributed by atoms with Gasteiger partial charge in [0.25, 0.3) is 5.91 Å². The van der Waals surface area contributed by atoms with Gasteiger partial charge in [0.15, 0.2) is 5.69 Å². The maximum Gasteiger partial charge on any atom is 0.419 e. The molecule has 2 heterocycles. The van der Waals surface area contributed by atoms with Crippen LogP contribution in [0.4, 0.5) is 19.0 Å². The third-order valence-corrected chi connectivity index (χ3v) is 3.84. The molecule has 0 bridgehead atoms. The van der Waals surface area contributed by atoms with Crippen LogP contribution in [0.5, 0.6) is 0 Å². The van der Waals surface area contributed by atoms with Crippen molar-refractivity contribution in [1.82, 2.24) is 25.3 Å². The number of hydrogen-bond acceptors (Lipinski definition) is 5. The number of nitrogens with one attached hydrogen (secondary N) is 2. The first-order chi connectivity index (χ1) is 13.3. The lowest BCUT2D eigenvalue weighted by Gasteiger charge is -2.13. The molecule has 2 aromatic heterocycles. The van der Waals surface area contributed by atoms with Crippen LogP contribution in [0, 0.1) is 6.92 Å². The molecule has 7 nitrogen and oxygen atoms in total. The standard InChI is InChI=1S/C18H17F3N6O/c1-12-4-6-13(7-5-12)27-11-15(25-26-27)17(28)24-10-9-23-16-14(18(19,20)21)3-2-8-22-16/h2-8,11H,9-10H2,1H3,(H,22,23)(H,24,28). The van der Waals surface area contributed by atoms with Crippen molar-refractivity contribution >= 4 is 11.7 Å². The Balaban J connectivity index is 1.54.